The van der Waals surface area contributed by atoms with Crippen LogP contribution in [-0.2, 0) is 4.79 Å². The number of carbonyl (C=O) groups excluding carboxylic acids is 1. The number of aromatic nitrogens is 3. The van der Waals surface area contributed by atoms with Gasteiger partial charge in [-0.05, 0) is 43.6 Å². The van der Waals surface area contributed by atoms with Gasteiger partial charge in [-0.15, -0.1) is 0 Å². The summed E-state index contributed by atoms with van der Waals surface area (Å²) in [5, 5.41) is 14.6. The van der Waals surface area contributed by atoms with E-state index in [1.807, 2.05) is 0 Å². The molecule has 3 fully saturated rings. The van der Waals surface area contributed by atoms with E-state index in [9.17, 15) is 32.3 Å². The summed E-state index contributed by atoms with van der Waals surface area (Å²) in [6, 6.07) is 0.537. The van der Waals surface area contributed by atoms with Gasteiger partial charge in [-0.2, -0.15) is 0 Å². The van der Waals surface area contributed by atoms with Crippen LogP contribution >= 0.6 is 0 Å². The van der Waals surface area contributed by atoms with E-state index >= 15 is 0 Å². The van der Waals surface area contributed by atoms with Gasteiger partial charge in [0.2, 0.25) is 17.6 Å². The molecule has 3 aliphatic carbocycles. The number of carboxylic acid groups (broad SMARTS) is 1. The van der Waals surface area contributed by atoms with Crippen LogP contribution in [0.4, 0.5) is 22.4 Å². The van der Waals surface area contributed by atoms with E-state index in [0.717, 1.165) is 12.8 Å². The van der Waals surface area contributed by atoms with Crippen molar-refractivity contribution in [1.82, 2.24) is 25.0 Å². The molecule has 3 atom stereocenters. The minimum Gasteiger partial charge on any atom is -0.465 e. The Morgan fingerprint density at radius 1 is 1.03 bits per heavy atom. The van der Waals surface area contributed by atoms with Crippen LogP contribution in [-0.4, -0.2) is 43.3 Å². The van der Waals surface area contributed by atoms with E-state index in [1.54, 1.807) is 22.9 Å². The molecule has 0 aromatic carbocycles. The van der Waals surface area contributed by atoms with E-state index in [0.29, 0.717) is 11.4 Å². The first kappa shape index (κ1) is 23.8. The Hall–Kier alpha value is -2.92. The molecule has 2 aromatic rings. The second-order valence-electron chi connectivity index (χ2n) is 10.1. The van der Waals surface area contributed by atoms with Crippen LogP contribution in [0.2, 0.25) is 0 Å². The van der Waals surface area contributed by atoms with Crippen LogP contribution in [0, 0.1) is 17.8 Å². The van der Waals surface area contributed by atoms with Gasteiger partial charge in [-0.3, -0.25) is 9.20 Å². The molecule has 0 aliphatic heterocycles. The molecule has 2 aromatic heterocycles. The largest absolute Gasteiger partial charge is 0.465 e. The van der Waals surface area contributed by atoms with E-state index in [-0.39, 0.29) is 56.1 Å². The van der Waals surface area contributed by atoms with Crippen LogP contribution < -0.4 is 10.6 Å². The van der Waals surface area contributed by atoms with Gasteiger partial charge in [0.25, 0.3) is 5.92 Å². The highest BCUT2D eigenvalue weighted by Gasteiger charge is 2.57. The predicted octanol–water partition coefficient (Wildman–Crippen LogP) is 4.48. The zero-order valence-electron chi connectivity index (χ0n) is 18.9. The fraction of sp³-hybridized carbons (Fsp3) is 0.652. The van der Waals surface area contributed by atoms with Crippen molar-refractivity contribution < 1.29 is 32.3 Å². The molecule has 3 aliphatic rings. The molecule has 8 nitrogen and oxygen atoms in total. The van der Waals surface area contributed by atoms with E-state index < -0.39 is 41.8 Å². The van der Waals surface area contributed by atoms with E-state index in [2.05, 4.69) is 20.6 Å². The number of halogens is 4. The zero-order chi connectivity index (χ0) is 25.0. The maximum absolute atomic E-state index is 13.6. The van der Waals surface area contributed by atoms with Gasteiger partial charge in [0, 0.05) is 44.0 Å². The monoisotopic (exact) mass is 497 g/mol. The molecule has 3 N–H and O–H groups in total. The van der Waals surface area contributed by atoms with Gasteiger partial charge in [-0.1, -0.05) is 0 Å². The van der Waals surface area contributed by atoms with Crippen molar-refractivity contribution in [3.05, 3.63) is 29.8 Å². The molecule has 2 amide bonds. The summed E-state index contributed by atoms with van der Waals surface area (Å²) in [5.74, 6) is -6.73. The molecule has 35 heavy (non-hydrogen) atoms. The number of hydrogen-bond donors (Lipinski definition) is 3. The smallest absolute Gasteiger partial charge is 0.405 e. The Balaban J connectivity index is 1.35. The maximum Gasteiger partial charge on any atom is 0.405 e. The van der Waals surface area contributed by atoms with E-state index in [4.69, 9.17) is 0 Å². The molecular formula is C23H27F4N5O3. The molecule has 3 saturated carbocycles. The first-order valence-electron chi connectivity index (χ1n) is 11.9. The minimum atomic E-state index is -2.76. The van der Waals surface area contributed by atoms with Gasteiger partial charge in [0.05, 0.1) is 23.5 Å². The number of alkyl halides is 4. The SMILES string of the molecule is O=C(O)N[C@H](c1cn2ccc(C(NC(=O)CC3CC3(F)F)C3CC3)nc2n1)C1CCC(F)(F)CC1. The first-order chi connectivity index (χ1) is 16.5. The number of nitrogens with zero attached hydrogens (tertiary/aromatic N) is 3. The molecule has 2 unspecified atom stereocenters. The normalized spacial score (nSPS) is 25.1. The highest BCUT2D eigenvalue weighted by atomic mass is 19.3. The highest BCUT2D eigenvalue weighted by Crippen LogP contribution is 2.51. The average Bonchev–Trinajstić information content (AvgIpc) is 3.66. The summed E-state index contributed by atoms with van der Waals surface area (Å²) in [7, 11) is 0. The number of nitrogens with one attached hydrogen (secondary N) is 2. The number of hydrogen-bond acceptors (Lipinski definition) is 4. The lowest BCUT2D eigenvalue weighted by Gasteiger charge is -2.32. The Kier molecular flexibility index (Phi) is 5.87. The van der Waals surface area contributed by atoms with Crippen molar-refractivity contribution in [3.63, 3.8) is 0 Å². The predicted molar refractivity (Wildman–Crippen MR) is 115 cm³/mol. The minimum absolute atomic E-state index is 0.161. The molecule has 0 spiro atoms. The van der Waals surface area contributed by atoms with Crippen LogP contribution in [0.25, 0.3) is 5.78 Å². The van der Waals surface area contributed by atoms with Crippen molar-refractivity contribution in [2.75, 3.05) is 0 Å². The average molecular weight is 497 g/mol. The molecule has 0 saturated heterocycles. The summed E-state index contributed by atoms with van der Waals surface area (Å²) in [6.07, 6.45) is 3.05. The lowest BCUT2D eigenvalue weighted by molar-refractivity contribution is -0.123. The van der Waals surface area contributed by atoms with Crippen molar-refractivity contribution in [1.29, 1.82) is 0 Å². The van der Waals surface area contributed by atoms with Crippen LogP contribution in [0.15, 0.2) is 18.5 Å². The zero-order valence-corrected chi connectivity index (χ0v) is 18.9. The topological polar surface area (TPSA) is 109 Å². The standard InChI is InChI=1S/C23H27F4N5O3/c24-22(25)6-3-13(4-7-22)19(31-21(34)35)16-11-32-8-5-15(28-20(32)29-16)18(12-1-2-12)30-17(33)9-14-10-23(14,26)27/h5,8,11-14,18-19,31H,1-4,6-7,9-10H2,(H,30,33)(H,34,35)/t14?,18?,19-/m0/s1. The summed E-state index contributed by atoms with van der Waals surface area (Å²) in [5.41, 5.74) is 0.934. The second kappa shape index (κ2) is 8.63. The van der Waals surface area contributed by atoms with Crippen LogP contribution in [0.5, 0.6) is 0 Å². The molecule has 190 valence electrons. The summed E-state index contributed by atoms with van der Waals surface area (Å²) in [6.45, 7) is 0. The quantitative estimate of drug-likeness (QED) is 0.466. The molecular weight excluding hydrogens is 470 g/mol. The third kappa shape index (κ3) is 5.35. The number of carbonyl (C=O) groups is 2. The Bertz CT molecular complexity index is 1130. The lowest BCUT2D eigenvalue weighted by atomic mass is 9.81. The second-order valence-corrected chi connectivity index (χ2v) is 10.1. The lowest BCUT2D eigenvalue weighted by Crippen LogP contribution is -2.36. The Morgan fingerprint density at radius 3 is 2.23 bits per heavy atom. The highest BCUT2D eigenvalue weighted by molar-refractivity contribution is 5.77. The summed E-state index contributed by atoms with van der Waals surface area (Å²) in [4.78, 5) is 32.8. The molecule has 2 heterocycles. The molecule has 0 bridgehead atoms. The maximum atomic E-state index is 13.6. The fourth-order valence-electron chi connectivity index (χ4n) is 5.00. The van der Waals surface area contributed by atoms with Crippen molar-refractivity contribution in [3.8, 4) is 0 Å². The third-order valence-electron chi connectivity index (χ3n) is 7.31. The van der Waals surface area contributed by atoms with Gasteiger partial charge in [-0.25, -0.2) is 32.3 Å². The van der Waals surface area contributed by atoms with Crippen LogP contribution in [0.3, 0.4) is 0 Å². The summed E-state index contributed by atoms with van der Waals surface area (Å²) >= 11 is 0. The molecule has 5 rings (SSSR count). The summed E-state index contributed by atoms with van der Waals surface area (Å²) < 4.78 is 55.3. The number of imidazole rings is 1. The third-order valence-corrected chi connectivity index (χ3v) is 7.31. The van der Waals surface area contributed by atoms with E-state index in [1.165, 1.54) is 0 Å². The van der Waals surface area contributed by atoms with Crippen molar-refractivity contribution in [2.24, 2.45) is 17.8 Å². The number of fused-ring (bicyclic) bond motifs is 1. The Labute approximate surface area is 198 Å². The van der Waals surface area contributed by atoms with Crippen LogP contribution in [0.1, 0.15) is 74.8 Å². The molecule has 0 radical (unpaired) electrons. The number of amides is 2. The van der Waals surface area contributed by atoms with Gasteiger partial charge in [0.1, 0.15) is 0 Å². The Morgan fingerprint density at radius 2 is 1.63 bits per heavy atom. The van der Waals surface area contributed by atoms with Gasteiger partial charge in [0.15, 0.2) is 0 Å². The van der Waals surface area contributed by atoms with Crippen molar-refractivity contribution >= 4 is 17.8 Å². The van der Waals surface area contributed by atoms with Gasteiger partial charge < -0.3 is 15.7 Å². The first-order valence-corrected chi connectivity index (χ1v) is 11.9. The number of rotatable bonds is 8. The van der Waals surface area contributed by atoms with Crippen molar-refractivity contribution in [2.45, 2.75) is 75.3 Å². The molecule has 12 heteroatoms. The van der Waals surface area contributed by atoms with Gasteiger partial charge >= 0.3 is 6.09 Å². The fourth-order valence-corrected chi connectivity index (χ4v) is 5.00.